The number of nitrogens with zero attached hydrogens (tertiary/aromatic N) is 3. The molecule has 2 N–H and O–H groups in total. The first-order chi connectivity index (χ1) is 8.35. The van der Waals surface area contributed by atoms with Crippen LogP contribution in [0.15, 0.2) is 23.1 Å². The Morgan fingerprint density at radius 2 is 2.18 bits per heavy atom. The Kier molecular flexibility index (Phi) is 3.39. The number of methoxy groups -OCH3 is 1. The molecule has 0 saturated heterocycles. The minimum atomic E-state index is 0.483. The number of ether oxygens (including phenoxy) is 1. The molecular weight excluding hydrogens is 222 g/mol. The standard InChI is InChI=1S/C10H13N5O2/c1-11-9-8(16-2)10(14-6-13-9)12-5-7-3-4-15-17-7/h3-4,6H,5H2,1-2H3,(H2,11,12,13,14). The summed E-state index contributed by atoms with van der Waals surface area (Å²) in [6, 6.07) is 1.78. The summed E-state index contributed by atoms with van der Waals surface area (Å²) in [4.78, 5) is 8.16. The van der Waals surface area contributed by atoms with Gasteiger partial charge in [0.1, 0.15) is 6.33 Å². The Labute approximate surface area is 98.2 Å². The highest BCUT2D eigenvalue weighted by atomic mass is 16.5. The second kappa shape index (κ2) is 5.15. The number of hydrogen-bond donors (Lipinski definition) is 2. The van der Waals surface area contributed by atoms with Crippen molar-refractivity contribution >= 4 is 11.6 Å². The van der Waals surface area contributed by atoms with Crippen molar-refractivity contribution < 1.29 is 9.26 Å². The van der Waals surface area contributed by atoms with Gasteiger partial charge in [-0.25, -0.2) is 9.97 Å². The van der Waals surface area contributed by atoms with Crippen LogP contribution < -0.4 is 15.4 Å². The molecule has 0 aromatic carbocycles. The van der Waals surface area contributed by atoms with Crippen LogP contribution in [0.3, 0.4) is 0 Å². The molecule has 17 heavy (non-hydrogen) atoms. The van der Waals surface area contributed by atoms with E-state index in [4.69, 9.17) is 9.26 Å². The normalized spacial score (nSPS) is 10.0. The maximum atomic E-state index is 5.24. The van der Waals surface area contributed by atoms with Gasteiger partial charge in [-0.15, -0.1) is 0 Å². The van der Waals surface area contributed by atoms with Crippen molar-refractivity contribution in [3.63, 3.8) is 0 Å². The fourth-order valence-electron chi connectivity index (χ4n) is 1.38. The van der Waals surface area contributed by atoms with Crippen LogP contribution in [0.4, 0.5) is 11.6 Å². The van der Waals surface area contributed by atoms with Gasteiger partial charge in [0, 0.05) is 13.1 Å². The topological polar surface area (TPSA) is 85.1 Å². The molecule has 0 radical (unpaired) electrons. The maximum Gasteiger partial charge on any atom is 0.204 e. The minimum absolute atomic E-state index is 0.483. The van der Waals surface area contributed by atoms with Crippen molar-refractivity contribution in [2.45, 2.75) is 6.54 Å². The third-order valence-corrected chi connectivity index (χ3v) is 2.17. The van der Waals surface area contributed by atoms with E-state index in [-0.39, 0.29) is 0 Å². The molecule has 0 atom stereocenters. The van der Waals surface area contributed by atoms with E-state index in [1.807, 2.05) is 0 Å². The molecule has 7 heteroatoms. The van der Waals surface area contributed by atoms with E-state index >= 15 is 0 Å². The molecule has 0 spiro atoms. The number of anilines is 2. The first kappa shape index (κ1) is 11.2. The highest BCUT2D eigenvalue weighted by Crippen LogP contribution is 2.28. The average Bonchev–Trinajstić information content (AvgIpc) is 2.88. The number of hydrogen-bond acceptors (Lipinski definition) is 7. The van der Waals surface area contributed by atoms with Crippen LogP contribution in [0.2, 0.25) is 0 Å². The number of aromatic nitrogens is 3. The van der Waals surface area contributed by atoms with E-state index < -0.39 is 0 Å². The van der Waals surface area contributed by atoms with Crippen LogP contribution in [0.1, 0.15) is 5.76 Å². The van der Waals surface area contributed by atoms with E-state index in [1.165, 1.54) is 6.33 Å². The summed E-state index contributed by atoms with van der Waals surface area (Å²) in [6.45, 7) is 0.483. The van der Waals surface area contributed by atoms with Gasteiger partial charge in [0.05, 0.1) is 19.9 Å². The van der Waals surface area contributed by atoms with Crippen molar-refractivity contribution in [1.29, 1.82) is 0 Å². The maximum absolute atomic E-state index is 5.24. The van der Waals surface area contributed by atoms with E-state index in [0.29, 0.717) is 23.9 Å². The second-order valence-electron chi connectivity index (χ2n) is 3.19. The SMILES string of the molecule is CNc1ncnc(NCc2ccno2)c1OC. The fraction of sp³-hybridized carbons (Fsp3) is 0.300. The summed E-state index contributed by atoms with van der Waals surface area (Å²) < 4.78 is 10.2. The quantitative estimate of drug-likeness (QED) is 0.803. The minimum Gasteiger partial charge on any atom is -0.490 e. The second-order valence-corrected chi connectivity index (χ2v) is 3.19. The van der Waals surface area contributed by atoms with Gasteiger partial charge >= 0.3 is 0 Å². The van der Waals surface area contributed by atoms with Gasteiger partial charge in [-0.2, -0.15) is 0 Å². The molecule has 2 heterocycles. The molecule has 2 aromatic heterocycles. The lowest BCUT2D eigenvalue weighted by molar-refractivity contribution is 0.387. The Morgan fingerprint density at radius 3 is 2.82 bits per heavy atom. The van der Waals surface area contributed by atoms with Gasteiger partial charge in [0.15, 0.2) is 17.4 Å². The molecule has 0 aliphatic heterocycles. The van der Waals surface area contributed by atoms with Gasteiger partial charge in [-0.05, 0) is 0 Å². The summed E-state index contributed by atoms with van der Waals surface area (Å²) in [5.74, 6) is 2.51. The van der Waals surface area contributed by atoms with Gasteiger partial charge in [0.25, 0.3) is 0 Å². The first-order valence-corrected chi connectivity index (χ1v) is 5.05. The smallest absolute Gasteiger partial charge is 0.204 e. The lowest BCUT2D eigenvalue weighted by Gasteiger charge is -2.11. The van der Waals surface area contributed by atoms with Crippen LogP contribution >= 0.6 is 0 Å². The van der Waals surface area contributed by atoms with Crippen molar-refractivity contribution in [2.75, 3.05) is 24.8 Å². The predicted octanol–water partition coefficient (Wildman–Crippen LogP) is 1.13. The van der Waals surface area contributed by atoms with E-state index in [9.17, 15) is 0 Å². The van der Waals surface area contributed by atoms with E-state index in [1.54, 1.807) is 26.4 Å². The summed E-state index contributed by atoms with van der Waals surface area (Å²) in [6.07, 6.45) is 3.05. The van der Waals surface area contributed by atoms with Crippen LogP contribution in [0.5, 0.6) is 5.75 Å². The summed E-state index contributed by atoms with van der Waals surface area (Å²) in [5.41, 5.74) is 0. The van der Waals surface area contributed by atoms with Crippen molar-refractivity contribution in [3.8, 4) is 5.75 Å². The van der Waals surface area contributed by atoms with Crippen LogP contribution in [0.25, 0.3) is 0 Å². The Balaban J connectivity index is 2.14. The van der Waals surface area contributed by atoms with Crippen LogP contribution in [0, 0.1) is 0 Å². The molecule has 0 aliphatic rings. The third kappa shape index (κ3) is 2.44. The highest BCUT2D eigenvalue weighted by Gasteiger charge is 2.10. The third-order valence-electron chi connectivity index (χ3n) is 2.17. The van der Waals surface area contributed by atoms with Gasteiger partial charge < -0.3 is 19.9 Å². The van der Waals surface area contributed by atoms with Crippen LogP contribution in [-0.4, -0.2) is 29.3 Å². The predicted molar refractivity (Wildman–Crippen MR) is 62.0 cm³/mol. The zero-order valence-corrected chi connectivity index (χ0v) is 9.60. The van der Waals surface area contributed by atoms with Crippen molar-refractivity contribution in [1.82, 2.24) is 15.1 Å². The monoisotopic (exact) mass is 235 g/mol. The lowest BCUT2D eigenvalue weighted by atomic mass is 10.4. The van der Waals surface area contributed by atoms with Crippen LogP contribution in [-0.2, 0) is 6.54 Å². The van der Waals surface area contributed by atoms with Gasteiger partial charge in [-0.3, -0.25) is 0 Å². The molecule has 0 unspecified atom stereocenters. The Morgan fingerprint density at radius 1 is 1.35 bits per heavy atom. The Bertz CT molecular complexity index is 472. The molecule has 0 amide bonds. The highest BCUT2D eigenvalue weighted by molar-refractivity contribution is 5.63. The summed E-state index contributed by atoms with van der Waals surface area (Å²) in [7, 11) is 3.34. The largest absolute Gasteiger partial charge is 0.490 e. The van der Waals surface area contributed by atoms with E-state index in [2.05, 4.69) is 25.8 Å². The molecule has 7 nitrogen and oxygen atoms in total. The molecular formula is C10H13N5O2. The average molecular weight is 235 g/mol. The number of nitrogens with one attached hydrogen (secondary N) is 2. The molecule has 0 aliphatic carbocycles. The zero-order valence-electron chi connectivity index (χ0n) is 9.60. The van der Waals surface area contributed by atoms with Crippen molar-refractivity contribution in [2.24, 2.45) is 0 Å². The molecule has 0 bridgehead atoms. The summed E-state index contributed by atoms with van der Waals surface area (Å²) in [5, 5.41) is 9.64. The van der Waals surface area contributed by atoms with Gasteiger partial charge in [0.2, 0.25) is 5.75 Å². The summed E-state index contributed by atoms with van der Waals surface area (Å²) >= 11 is 0. The fourth-order valence-corrected chi connectivity index (χ4v) is 1.38. The number of rotatable bonds is 5. The molecule has 0 saturated carbocycles. The molecule has 0 fully saturated rings. The molecule has 90 valence electrons. The molecule has 2 rings (SSSR count). The van der Waals surface area contributed by atoms with Crippen molar-refractivity contribution in [3.05, 3.63) is 24.4 Å². The zero-order chi connectivity index (χ0) is 12.1. The molecule has 2 aromatic rings. The van der Waals surface area contributed by atoms with Gasteiger partial charge in [-0.1, -0.05) is 5.16 Å². The lowest BCUT2D eigenvalue weighted by Crippen LogP contribution is -2.06. The Hall–Kier alpha value is -2.31. The first-order valence-electron chi connectivity index (χ1n) is 5.05. The van der Waals surface area contributed by atoms with E-state index in [0.717, 1.165) is 5.76 Å².